The zero-order valence-corrected chi connectivity index (χ0v) is 15.7. The van der Waals surface area contributed by atoms with Crippen molar-refractivity contribution in [3.63, 3.8) is 0 Å². The number of likely N-dealkylation sites (tertiary alicyclic amines) is 1. The first-order valence-electron chi connectivity index (χ1n) is 9.24. The lowest BCUT2D eigenvalue weighted by Crippen LogP contribution is -2.35. The second-order valence-corrected chi connectivity index (χ2v) is 7.77. The van der Waals surface area contributed by atoms with Gasteiger partial charge in [0.2, 0.25) is 0 Å². The van der Waals surface area contributed by atoms with Gasteiger partial charge in [0.1, 0.15) is 10.7 Å². The predicted molar refractivity (Wildman–Crippen MR) is 104 cm³/mol. The SMILES string of the molecule is CC1CCCN(CCCCNC(=O)c2csc(-c3ccccc3)n2)C1. The van der Waals surface area contributed by atoms with Gasteiger partial charge in [-0.2, -0.15) is 0 Å². The summed E-state index contributed by atoms with van der Waals surface area (Å²) in [7, 11) is 0. The van der Waals surface area contributed by atoms with Crippen LogP contribution in [-0.4, -0.2) is 42.0 Å². The molecule has 0 saturated carbocycles. The molecule has 0 aliphatic carbocycles. The number of hydrogen-bond donors (Lipinski definition) is 1. The van der Waals surface area contributed by atoms with Gasteiger partial charge in [-0.3, -0.25) is 4.79 Å². The normalized spacial score (nSPS) is 18.2. The Bertz CT molecular complexity index is 671. The van der Waals surface area contributed by atoms with Crippen molar-refractivity contribution >= 4 is 17.2 Å². The first-order chi connectivity index (χ1) is 12.2. The number of unbranched alkanes of at least 4 members (excludes halogenated alkanes) is 1. The molecule has 1 fully saturated rings. The highest BCUT2D eigenvalue weighted by molar-refractivity contribution is 7.13. The summed E-state index contributed by atoms with van der Waals surface area (Å²) in [6.45, 7) is 6.67. The fourth-order valence-corrected chi connectivity index (χ4v) is 4.14. The molecule has 1 saturated heterocycles. The van der Waals surface area contributed by atoms with Crippen LogP contribution in [0.25, 0.3) is 10.6 Å². The summed E-state index contributed by atoms with van der Waals surface area (Å²) in [4.78, 5) is 19.2. The number of amides is 1. The minimum absolute atomic E-state index is 0.0648. The predicted octanol–water partition coefficient (Wildman–Crippen LogP) is 4.05. The second kappa shape index (κ2) is 9.11. The molecule has 4 nitrogen and oxygen atoms in total. The maximum Gasteiger partial charge on any atom is 0.270 e. The van der Waals surface area contributed by atoms with E-state index in [0.29, 0.717) is 5.69 Å². The highest BCUT2D eigenvalue weighted by atomic mass is 32.1. The standard InChI is InChI=1S/C20H27N3OS/c1-16-8-7-13-23(14-16)12-6-5-11-21-19(24)18-15-25-20(22-18)17-9-3-2-4-10-17/h2-4,9-10,15-16H,5-8,11-14H2,1H3,(H,21,24). The summed E-state index contributed by atoms with van der Waals surface area (Å²) >= 11 is 1.52. The Balaban J connectivity index is 1.37. The van der Waals surface area contributed by atoms with Gasteiger partial charge in [0.15, 0.2) is 0 Å². The largest absolute Gasteiger partial charge is 0.351 e. The van der Waals surface area contributed by atoms with E-state index < -0.39 is 0 Å². The van der Waals surface area contributed by atoms with Crippen molar-refractivity contribution in [1.29, 1.82) is 0 Å². The van der Waals surface area contributed by atoms with Gasteiger partial charge in [-0.1, -0.05) is 37.3 Å². The van der Waals surface area contributed by atoms with Crippen molar-refractivity contribution < 1.29 is 4.79 Å². The number of carbonyl (C=O) groups excluding carboxylic acids is 1. The van der Waals surface area contributed by atoms with E-state index in [1.807, 2.05) is 35.7 Å². The van der Waals surface area contributed by atoms with Crippen molar-refractivity contribution in [3.05, 3.63) is 41.4 Å². The summed E-state index contributed by atoms with van der Waals surface area (Å²) < 4.78 is 0. The van der Waals surface area contributed by atoms with Crippen LogP contribution < -0.4 is 5.32 Å². The molecule has 1 aromatic heterocycles. The highest BCUT2D eigenvalue weighted by Gasteiger charge is 2.15. The van der Waals surface area contributed by atoms with Gasteiger partial charge in [-0.25, -0.2) is 4.98 Å². The summed E-state index contributed by atoms with van der Waals surface area (Å²) in [5.74, 6) is 0.766. The van der Waals surface area contributed by atoms with Crippen LogP contribution in [0.5, 0.6) is 0 Å². The molecule has 1 N–H and O–H groups in total. The minimum atomic E-state index is -0.0648. The van der Waals surface area contributed by atoms with Crippen LogP contribution in [0.2, 0.25) is 0 Å². The number of aromatic nitrogens is 1. The van der Waals surface area contributed by atoms with E-state index in [0.717, 1.165) is 42.4 Å². The van der Waals surface area contributed by atoms with E-state index in [-0.39, 0.29) is 5.91 Å². The van der Waals surface area contributed by atoms with Crippen LogP contribution in [0.4, 0.5) is 0 Å². The van der Waals surface area contributed by atoms with E-state index in [4.69, 9.17) is 0 Å². The Labute approximate surface area is 154 Å². The second-order valence-electron chi connectivity index (χ2n) is 6.91. The number of nitrogens with one attached hydrogen (secondary N) is 1. The molecule has 0 bridgehead atoms. The number of nitrogens with zero attached hydrogens (tertiary/aromatic N) is 2. The molecule has 5 heteroatoms. The van der Waals surface area contributed by atoms with E-state index >= 15 is 0 Å². The van der Waals surface area contributed by atoms with E-state index in [9.17, 15) is 4.79 Å². The first-order valence-corrected chi connectivity index (χ1v) is 10.1. The maximum absolute atomic E-state index is 12.2. The summed E-state index contributed by atoms with van der Waals surface area (Å²) in [5, 5.41) is 5.73. The smallest absolute Gasteiger partial charge is 0.270 e. The Morgan fingerprint density at radius 2 is 2.16 bits per heavy atom. The molecular formula is C20H27N3OS. The van der Waals surface area contributed by atoms with Crippen LogP contribution in [0.3, 0.4) is 0 Å². The van der Waals surface area contributed by atoms with Crippen molar-refractivity contribution in [2.75, 3.05) is 26.2 Å². The summed E-state index contributed by atoms with van der Waals surface area (Å²) in [6, 6.07) is 9.98. The number of piperidine rings is 1. The molecule has 1 atom stereocenters. The summed E-state index contributed by atoms with van der Waals surface area (Å²) in [5.41, 5.74) is 1.58. The molecule has 134 valence electrons. The molecule has 2 heterocycles. The molecule has 25 heavy (non-hydrogen) atoms. The van der Waals surface area contributed by atoms with Gasteiger partial charge in [-0.05, 0) is 44.7 Å². The van der Waals surface area contributed by atoms with Crippen LogP contribution in [0, 0.1) is 5.92 Å². The topological polar surface area (TPSA) is 45.2 Å². The number of carbonyl (C=O) groups is 1. The Morgan fingerprint density at radius 1 is 1.32 bits per heavy atom. The molecule has 1 aliphatic rings. The van der Waals surface area contributed by atoms with Crippen LogP contribution in [0.1, 0.15) is 43.1 Å². The Morgan fingerprint density at radius 3 is 2.96 bits per heavy atom. The lowest BCUT2D eigenvalue weighted by Gasteiger charge is -2.30. The van der Waals surface area contributed by atoms with Gasteiger partial charge < -0.3 is 10.2 Å². The van der Waals surface area contributed by atoms with E-state index in [1.165, 1.54) is 37.3 Å². The van der Waals surface area contributed by atoms with Crippen molar-refractivity contribution in [2.45, 2.75) is 32.6 Å². The Hall–Kier alpha value is -1.72. The number of thiazole rings is 1. The lowest BCUT2D eigenvalue weighted by molar-refractivity contribution is 0.0948. The monoisotopic (exact) mass is 357 g/mol. The van der Waals surface area contributed by atoms with Gasteiger partial charge in [-0.15, -0.1) is 11.3 Å². The molecular weight excluding hydrogens is 330 g/mol. The van der Waals surface area contributed by atoms with Crippen LogP contribution in [0.15, 0.2) is 35.7 Å². The number of benzene rings is 1. The minimum Gasteiger partial charge on any atom is -0.351 e. The summed E-state index contributed by atoms with van der Waals surface area (Å²) in [6.07, 6.45) is 4.85. The van der Waals surface area contributed by atoms with Gasteiger partial charge in [0.05, 0.1) is 0 Å². The molecule has 1 aliphatic heterocycles. The Kier molecular flexibility index (Phi) is 6.59. The van der Waals surface area contributed by atoms with Crippen molar-refractivity contribution in [2.24, 2.45) is 5.92 Å². The highest BCUT2D eigenvalue weighted by Crippen LogP contribution is 2.23. The lowest BCUT2D eigenvalue weighted by atomic mass is 10.0. The quantitative estimate of drug-likeness (QED) is 0.760. The fraction of sp³-hybridized carbons (Fsp3) is 0.500. The number of hydrogen-bond acceptors (Lipinski definition) is 4. The third-order valence-corrected chi connectivity index (χ3v) is 5.58. The number of rotatable bonds is 7. The van der Waals surface area contributed by atoms with Crippen molar-refractivity contribution in [3.8, 4) is 10.6 Å². The van der Waals surface area contributed by atoms with Gasteiger partial charge in [0.25, 0.3) is 5.91 Å². The zero-order valence-electron chi connectivity index (χ0n) is 14.9. The van der Waals surface area contributed by atoms with Gasteiger partial charge in [0, 0.05) is 24.0 Å². The molecule has 1 amide bonds. The first kappa shape index (κ1) is 18.1. The maximum atomic E-state index is 12.2. The average molecular weight is 358 g/mol. The zero-order chi connectivity index (χ0) is 17.5. The molecule has 1 aromatic carbocycles. The van der Waals surface area contributed by atoms with Crippen molar-refractivity contribution in [1.82, 2.24) is 15.2 Å². The molecule has 0 radical (unpaired) electrons. The molecule has 1 unspecified atom stereocenters. The van der Waals surface area contributed by atoms with E-state index in [1.54, 1.807) is 0 Å². The third-order valence-electron chi connectivity index (χ3n) is 4.69. The van der Waals surface area contributed by atoms with E-state index in [2.05, 4.69) is 22.1 Å². The molecule has 2 aromatic rings. The van der Waals surface area contributed by atoms with Crippen LogP contribution in [-0.2, 0) is 0 Å². The molecule has 3 rings (SSSR count). The van der Waals surface area contributed by atoms with Gasteiger partial charge >= 0.3 is 0 Å². The third kappa shape index (κ3) is 5.38. The van der Waals surface area contributed by atoms with Crippen LogP contribution >= 0.6 is 11.3 Å². The fourth-order valence-electron chi connectivity index (χ4n) is 3.33. The molecule has 0 spiro atoms. The average Bonchev–Trinajstić information content (AvgIpc) is 3.12.